The Morgan fingerprint density at radius 1 is 1.22 bits per heavy atom. The van der Waals surface area contributed by atoms with Gasteiger partial charge in [-0.15, -0.1) is 0 Å². The summed E-state index contributed by atoms with van der Waals surface area (Å²) < 4.78 is 35.1. The fourth-order valence-electron chi connectivity index (χ4n) is 3.57. The molecule has 1 atom stereocenters. The van der Waals surface area contributed by atoms with Crippen molar-refractivity contribution in [1.29, 1.82) is 0 Å². The maximum atomic E-state index is 11.7. The lowest BCUT2D eigenvalue weighted by molar-refractivity contribution is 0.161. The highest BCUT2D eigenvalue weighted by atomic mass is 32.2. The summed E-state index contributed by atoms with van der Waals surface area (Å²) in [5, 5.41) is 9.90. The third kappa shape index (κ3) is 4.12. The topological polar surface area (TPSA) is 72.8 Å². The molecule has 0 amide bonds. The Kier molecular flexibility index (Phi) is 5.23. The second-order valence-corrected chi connectivity index (χ2v) is 9.94. The highest BCUT2D eigenvalue weighted by Crippen LogP contribution is 2.45. The lowest BCUT2D eigenvalue weighted by Gasteiger charge is -2.24. The molecule has 0 aliphatic carbocycles. The first-order chi connectivity index (χ1) is 12.6. The quantitative estimate of drug-likeness (QED) is 0.863. The Balaban J connectivity index is 2.09. The van der Waals surface area contributed by atoms with E-state index in [-0.39, 0.29) is 22.8 Å². The number of hydrogen-bond acceptors (Lipinski definition) is 5. The normalized spacial score (nSPS) is 18.9. The van der Waals surface area contributed by atoms with E-state index in [1.165, 1.54) is 6.26 Å². The fraction of sp³-hybridized carbons (Fsp3) is 0.429. The molecule has 0 bridgehead atoms. The number of ether oxygens (including phenoxy) is 2. The number of benzene rings is 2. The van der Waals surface area contributed by atoms with E-state index in [1.54, 1.807) is 31.4 Å². The second-order valence-electron chi connectivity index (χ2n) is 7.92. The Labute approximate surface area is 160 Å². The van der Waals surface area contributed by atoms with Crippen LogP contribution in [-0.2, 0) is 9.84 Å². The summed E-state index contributed by atoms with van der Waals surface area (Å²) in [6, 6.07) is 10.6. The molecule has 1 aliphatic heterocycles. The van der Waals surface area contributed by atoms with E-state index in [9.17, 15) is 13.5 Å². The molecule has 5 nitrogen and oxygen atoms in total. The van der Waals surface area contributed by atoms with Gasteiger partial charge >= 0.3 is 0 Å². The molecule has 1 unspecified atom stereocenters. The lowest BCUT2D eigenvalue weighted by Crippen LogP contribution is -2.22. The van der Waals surface area contributed by atoms with Crippen molar-refractivity contribution in [1.82, 2.24) is 0 Å². The van der Waals surface area contributed by atoms with Gasteiger partial charge in [-0.3, -0.25) is 0 Å². The van der Waals surface area contributed by atoms with Gasteiger partial charge in [0.2, 0.25) is 0 Å². The molecule has 2 aromatic rings. The van der Waals surface area contributed by atoms with Crippen LogP contribution in [0.25, 0.3) is 11.1 Å². The Bertz CT molecular complexity index is 930. The average molecular weight is 391 g/mol. The fourth-order valence-corrected chi connectivity index (χ4v) is 4.20. The molecular formula is C21H26O5S. The Morgan fingerprint density at radius 2 is 1.89 bits per heavy atom. The third-order valence-electron chi connectivity index (χ3n) is 5.00. The first-order valence-electron chi connectivity index (χ1n) is 8.91. The van der Waals surface area contributed by atoms with Crippen LogP contribution in [0.5, 0.6) is 11.5 Å². The zero-order chi connectivity index (χ0) is 19.8. The standard InChI is InChI=1S/C21H26O5S/c1-21(2)11-15(12-22)18-9-19(25-3)17(10-20(18)26-13-21)14-5-7-16(8-6-14)27(4,23)24/h5-10,15,22H,11-13H2,1-4H3. The summed E-state index contributed by atoms with van der Waals surface area (Å²) >= 11 is 0. The van der Waals surface area contributed by atoms with Crippen molar-refractivity contribution in [3.63, 3.8) is 0 Å². The minimum absolute atomic E-state index is 0.0203. The number of hydrogen-bond donors (Lipinski definition) is 1. The van der Waals surface area contributed by atoms with E-state index in [4.69, 9.17) is 9.47 Å². The Morgan fingerprint density at radius 3 is 2.44 bits per heavy atom. The summed E-state index contributed by atoms with van der Waals surface area (Å²) in [6.45, 7) is 4.87. The monoisotopic (exact) mass is 390 g/mol. The summed E-state index contributed by atoms with van der Waals surface area (Å²) in [6.07, 6.45) is 2.01. The van der Waals surface area contributed by atoms with Crippen molar-refractivity contribution in [2.24, 2.45) is 5.41 Å². The number of sulfone groups is 1. The Hall–Kier alpha value is -2.05. The van der Waals surface area contributed by atoms with Crippen molar-refractivity contribution in [2.45, 2.75) is 31.1 Å². The molecule has 1 heterocycles. The highest BCUT2D eigenvalue weighted by Gasteiger charge is 2.31. The molecule has 0 fully saturated rings. The van der Waals surface area contributed by atoms with Crippen LogP contribution in [0.3, 0.4) is 0 Å². The molecule has 0 saturated carbocycles. The van der Waals surface area contributed by atoms with Crippen molar-refractivity contribution < 1.29 is 23.0 Å². The van der Waals surface area contributed by atoms with Gasteiger partial charge in [-0.25, -0.2) is 8.42 Å². The minimum atomic E-state index is -3.24. The van der Waals surface area contributed by atoms with Gasteiger partial charge in [0.15, 0.2) is 9.84 Å². The predicted octanol–water partition coefficient (Wildman–Crippen LogP) is 3.65. The number of rotatable bonds is 4. The maximum absolute atomic E-state index is 11.7. The van der Waals surface area contributed by atoms with E-state index in [0.717, 1.165) is 28.9 Å². The maximum Gasteiger partial charge on any atom is 0.175 e. The van der Waals surface area contributed by atoms with Crippen LogP contribution in [-0.4, -0.2) is 40.1 Å². The molecule has 1 aliphatic rings. The summed E-state index contributed by atoms with van der Waals surface area (Å²) in [4.78, 5) is 0.276. The zero-order valence-electron chi connectivity index (χ0n) is 16.2. The van der Waals surface area contributed by atoms with Crippen LogP contribution in [0.15, 0.2) is 41.3 Å². The number of methoxy groups -OCH3 is 1. The smallest absolute Gasteiger partial charge is 0.175 e. The van der Waals surface area contributed by atoms with Crippen molar-refractivity contribution in [3.8, 4) is 22.6 Å². The van der Waals surface area contributed by atoms with Gasteiger partial charge in [0.05, 0.1) is 25.2 Å². The lowest BCUT2D eigenvalue weighted by atomic mass is 9.81. The van der Waals surface area contributed by atoms with Crippen molar-refractivity contribution >= 4 is 9.84 Å². The van der Waals surface area contributed by atoms with Crippen LogP contribution in [0.2, 0.25) is 0 Å². The minimum Gasteiger partial charge on any atom is -0.496 e. The van der Waals surface area contributed by atoms with E-state index in [1.807, 2.05) is 12.1 Å². The van der Waals surface area contributed by atoms with Crippen LogP contribution < -0.4 is 9.47 Å². The molecule has 3 rings (SSSR count). The average Bonchev–Trinajstić information content (AvgIpc) is 2.75. The first-order valence-corrected chi connectivity index (χ1v) is 10.8. The van der Waals surface area contributed by atoms with Crippen LogP contribution in [0.1, 0.15) is 31.7 Å². The van der Waals surface area contributed by atoms with Crippen molar-refractivity contribution in [2.75, 3.05) is 26.6 Å². The largest absolute Gasteiger partial charge is 0.496 e. The molecule has 27 heavy (non-hydrogen) atoms. The number of fused-ring (bicyclic) bond motifs is 1. The number of aliphatic hydroxyl groups is 1. The first kappa shape index (κ1) is 19.7. The molecule has 0 spiro atoms. The molecular weight excluding hydrogens is 364 g/mol. The van der Waals surface area contributed by atoms with Gasteiger partial charge in [-0.2, -0.15) is 0 Å². The van der Waals surface area contributed by atoms with E-state index in [2.05, 4.69) is 13.8 Å². The highest BCUT2D eigenvalue weighted by molar-refractivity contribution is 7.90. The van der Waals surface area contributed by atoms with E-state index >= 15 is 0 Å². The van der Waals surface area contributed by atoms with E-state index in [0.29, 0.717) is 12.4 Å². The number of aliphatic hydroxyl groups excluding tert-OH is 1. The van der Waals surface area contributed by atoms with Crippen LogP contribution >= 0.6 is 0 Å². The van der Waals surface area contributed by atoms with Crippen LogP contribution in [0.4, 0.5) is 0 Å². The molecule has 146 valence electrons. The van der Waals surface area contributed by atoms with Gasteiger partial charge < -0.3 is 14.6 Å². The molecule has 0 aromatic heterocycles. The second kappa shape index (κ2) is 7.17. The van der Waals surface area contributed by atoms with Gasteiger partial charge in [0.25, 0.3) is 0 Å². The van der Waals surface area contributed by atoms with Gasteiger partial charge in [0.1, 0.15) is 11.5 Å². The molecule has 0 radical (unpaired) electrons. The summed E-state index contributed by atoms with van der Waals surface area (Å²) in [5.74, 6) is 1.39. The van der Waals surface area contributed by atoms with Crippen molar-refractivity contribution in [3.05, 3.63) is 42.0 Å². The van der Waals surface area contributed by atoms with Crippen LogP contribution in [0, 0.1) is 5.41 Å². The SMILES string of the molecule is COc1cc2c(cc1-c1ccc(S(C)(=O)=O)cc1)OCC(C)(C)CC2CO. The van der Waals surface area contributed by atoms with E-state index < -0.39 is 9.84 Å². The predicted molar refractivity (Wildman–Crippen MR) is 105 cm³/mol. The van der Waals surface area contributed by atoms with Gasteiger partial charge in [-0.1, -0.05) is 26.0 Å². The summed E-state index contributed by atoms with van der Waals surface area (Å²) in [7, 11) is -1.64. The molecule has 6 heteroatoms. The molecule has 2 aromatic carbocycles. The molecule has 1 N–H and O–H groups in total. The summed E-state index contributed by atoms with van der Waals surface area (Å²) in [5.41, 5.74) is 2.57. The molecule has 0 saturated heterocycles. The van der Waals surface area contributed by atoms with Gasteiger partial charge in [-0.05, 0) is 41.7 Å². The third-order valence-corrected chi connectivity index (χ3v) is 6.13. The zero-order valence-corrected chi connectivity index (χ0v) is 17.0. The van der Waals surface area contributed by atoms with Gasteiger partial charge in [0, 0.05) is 23.3 Å².